The van der Waals surface area contributed by atoms with Gasteiger partial charge in [0.05, 0.1) is 7.11 Å². The van der Waals surface area contributed by atoms with Crippen LogP contribution >= 0.6 is 0 Å². The third-order valence-electron chi connectivity index (χ3n) is 5.39. The second kappa shape index (κ2) is 11.0. The van der Waals surface area contributed by atoms with Crippen LogP contribution < -0.4 is 19.5 Å². The fourth-order valence-corrected chi connectivity index (χ4v) is 3.45. The molecule has 9 heteroatoms. The molecule has 2 aromatic rings. The number of ether oxygens (including phenoxy) is 4. The minimum Gasteiger partial charge on any atom is -0.493 e. The zero-order valence-corrected chi connectivity index (χ0v) is 20.0. The van der Waals surface area contributed by atoms with Crippen molar-refractivity contribution in [2.24, 2.45) is 5.92 Å². The lowest BCUT2D eigenvalue weighted by molar-refractivity contribution is -0.155. The van der Waals surface area contributed by atoms with Gasteiger partial charge in [0.1, 0.15) is 24.0 Å². The molecule has 1 aromatic heterocycles. The van der Waals surface area contributed by atoms with E-state index in [4.69, 9.17) is 18.9 Å². The molecule has 182 valence electrons. The molecule has 1 saturated carbocycles. The Kier molecular flexibility index (Phi) is 8.09. The molecule has 1 aliphatic carbocycles. The number of nitrogens with one attached hydrogen (secondary N) is 1. The molecule has 3 rings (SSSR count). The number of methoxy groups -OCH3 is 1. The van der Waals surface area contributed by atoms with Gasteiger partial charge < -0.3 is 24.3 Å². The molecule has 3 atom stereocenters. The van der Waals surface area contributed by atoms with Gasteiger partial charge in [0.25, 0.3) is 5.91 Å². The summed E-state index contributed by atoms with van der Waals surface area (Å²) < 4.78 is 22.0. The zero-order chi connectivity index (χ0) is 24.8. The fourth-order valence-electron chi connectivity index (χ4n) is 3.45. The van der Waals surface area contributed by atoms with E-state index in [1.807, 2.05) is 31.2 Å². The van der Waals surface area contributed by atoms with Gasteiger partial charge >= 0.3 is 11.9 Å². The van der Waals surface area contributed by atoms with Crippen molar-refractivity contribution in [2.45, 2.75) is 58.8 Å². The molecule has 34 heavy (non-hydrogen) atoms. The summed E-state index contributed by atoms with van der Waals surface area (Å²) in [5.41, 5.74) is 0.947. The summed E-state index contributed by atoms with van der Waals surface area (Å²) in [6.45, 7) is 6.49. The summed E-state index contributed by atoms with van der Waals surface area (Å²) in [7, 11) is 1.38. The molecule has 1 heterocycles. The van der Waals surface area contributed by atoms with Crippen molar-refractivity contribution < 1.29 is 33.3 Å². The number of hydrogen-bond donors (Lipinski definition) is 1. The molecule has 0 unspecified atom stereocenters. The molecule has 0 saturated heterocycles. The van der Waals surface area contributed by atoms with Gasteiger partial charge in [0.15, 0.2) is 11.4 Å². The predicted octanol–water partition coefficient (Wildman–Crippen LogP) is 3.23. The summed E-state index contributed by atoms with van der Waals surface area (Å²) in [6.07, 6.45) is 2.54. The summed E-state index contributed by atoms with van der Waals surface area (Å²) in [4.78, 5) is 41.0. The summed E-state index contributed by atoms with van der Waals surface area (Å²) in [5, 5.41) is 2.54. The molecule has 1 fully saturated rings. The standard InChI is InChI=1S/C25H30N2O7/c1-14-6-10-19(11-7-14)34-22(18-8-9-18)16(3)32-25(30)15(2)27-24(29)21-23(33-17(4)28)20(31-5)12-13-26-21/h6-7,10-13,15-16,18,22H,8-9H2,1-5H3,(H,27,29)/t15-,16-,22-/m0/s1. The number of aromatic nitrogens is 1. The van der Waals surface area contributed by atoms with Crippen LogP contribution in [0.25, 0.3) is 0 Å². The van der Waals surface area contributed by atoms with E-state index >= 15 is 0 Å². The molecule has 0 aliphatic heterocycles. The summed E-state index contributed by atoms with van der Waals surface area (Å²) in [5.74, 6) is -0.891. The minimum atomic E-state index is -0.979. The first-order valence-electron chi connectivity index (χ1n) is 11.2. The van der Waals surface area contributed by atoms with Crippen LogP contribution in [0.2, 0.25) is 0 Å². The van der Waals surface area contributed by atoms with Crippen molar-refractivity contribution in [2.75, 3.05) is 7.11 Å². The van der Waals surface area contributed by atoms with Crippen molar-refractivity contribution in [1.29, 1.82) is 0 Å². The molecule has 1 aliphatic rings. The van der Waals surface area contributed by atoms with Crippen molar-refractivity contribution in [3.63, 3.8) is 0 Å². The SMILES string of the molecule is COc1ccnc(C(=O)N[C@@H](C)C(=O)O[C@@H](C)[C@H](Oc2ccc(C)cc2)C2CC2)c1OC(C)=O. The highest BCUT2D eigenvalue weighted by molar-refractivity contribution is 5.98. The molecule has 0 radical (unpaired) electrons. The van der Waals surface area contributed by atoms with Crippen molar-refractivity contribution in [3.8, 4) is 17.2 Å². The lowest BCUT2D eigenvalue weighted by atomic mass is 10.1. The monoisotopic (exact) mass is 470 g/mol. The van der Waals surface area contributed by atoms with E-state index in [1.54, 1.807) is 6.92 Å². The van der Waals surface area contributed by atoms with Gasteiger partial charge in [-0.25, -0.2) is 9.78 Å². The summed E-state index contributed by atoms with van der Waals surface area (Å²) in [6, 6.07) is 8.19. The Labute approximate surface area is 198 Å². The Morgan fingerprint density at radius 1 is 1.09 bits per heavy atom. The Bertz CT molecular complexity index is 1030. The highest BCUT2D eigenvalue weighted by Gasteiger charge is 2.39. The van der Waals surface area contributed by atoms with Crippen LogP contribution in [-0.2, 0) is 14.3 Å². The van der Waals surface area contributed by atoms with Crippen molar-refractivity contribution >= 4 is 17.8 Å². The number of hydrogen-bond acceptors (Lipinski definition) is 8. The van der Waals surface area contributed by atoms with E-state index in [2.05, 4.69) is 10.3 Å². The van der Waals surface area contributed by atoms with Gasteiger partial charge in [-0.3, -0.25) is 9.59 Å². The molecule has 0 spiro atoms. The van der Waals surface area contributed by atoms with E-state index in [0.29, 0.717) is 11.7 Å². The summed E-state index contributed by atoms with van der Waals surface area (Å²) >= 11 is 0. The highest BCUT2D eigenvalue weighted by atomic mass is 16.6. The van der Waals surface area contributed by atoms with Gasteiger partial charge in [-0.2, -0.15) is 0 Å². The van der Waals surface area contributed by atoms with Gasteiger partial charge in [-0.15, -0.1) is 0 Å². The third-order valence-corrected chi connectivity index (χ3v) is 5.39. The second-order valence-electron chi connectivity index (χ2n) is 8.35. The number of rotatable bonds is 10. The van der Waals surface area contributed by atoms with E-state index < -0.39 is 30.0 Å². The molecule has 1 amide bonds. The molecule has 1 N–H and O–H groups in total. The number of esters is 2. The minimum absolute atomic E-state index is 0.121. The lowest BCUT2D eigenvalue weighted by Gasteiger charge is -2.26. The Balaban J connectivity index is 1.64. The quantitative estimate of drug-likeness (QED) is 0.527. The van der Waals surface area contributed by atoms with Gasteiger partial charge in [0.2, 0.25) is 5.75 Å². The maximum absolute atomic E-state index is 12.8. The van der Waals surface area contributed by atoms with Gasteiger partial charge in [-0.05, 0) is 51.7 Å². The Morgan fingerprint density at radius 3 is 2.35 bits per heavy atom. The topological polar surface area (TPSA) is 113 Å². The first kappa shape index (κ1) is 25.0. The fraction of sp³-hybridized carbons (Fsp3) is 0.440. The Hall–Kier alpha value is -3.62. The van der Waals surface area contributed by atoms with Crippen molar-refractivity contribution in [3.05, 3.63) is 47.8 Å². The van der Waals surface area contributed by atoms with Crippen LogP contribution in [-0.4, -0.2) is 48.2 Å². The third kappa shape index (κ3) is 6.46. The molecular weight excluding hydrogens is 440 g/mol. The van der Waals surface area contributed by atoms with Crippen LogP contribution in [0.4, 0.5) is 0 Å². The van der Waals surface area contributed by atoms with Gasteiger partial charge in [0, 0.05) is 19.2 Å². The first-order chi connectivity index (χ1) is 16.2. The van der Waals surface area contributed by atoms with Gasteiger partial charge in [-0.1, -0.05) is 17.7 Å². The highest BCUT2D eigenvalue weighted by Crippen LogP contribution is 2.37. The molecule has 0 bridgehead atoms. The smallest absolute Gasteiger partial charge is 0.328 e. The number of nitrogens with zero attached hydrogens (tertiary/aromatic N) is 1. The van der Waals surface area contributed by atoms with Crippen LogP contribution in [0.1, 0.15) is 49.7 Å². The maximum atomic E-state index is 12.8. The second-order valence-corrected chi connectivity index (χ2v) is 8.35. The molecule has 9 nitrogen and oxygen atoms in total. The van der Waals surface area contributed by atoms with E-state index in [9.17, 15) is 14.4 Å². The van der Waals surface area contributed by atoms with E-state index in [0.717, 1.165) is 18.4 Å². The first-order valence-corrected chi connectivity index (χ1v) is 11.2. The average molecular weight is 471 g/mol. The maximum Gasteiger partial charge on any atom is 0.328 e. The van der Waals surface area contributed by atoms with E-state index in [1.165, 1.54) is 33.2 Å². The number of aryl methyl sites for hydroxylation is 1. The largest absolute Gasteiger partial charge is 0.493 e. The lowest BCUT2D eigenvalue weighted by Crippen LogP contribution is -2.44. The molecular formula is C25H30N2O7. The number of carbonyl (C=O) groups is 3. The Morgan fingerprint density at radius 2 is 1.76 bits per heavy atom. The van der Waals surface area contributed by atoms with Crippen LogP contribution in [0.15, 0.2) is 36.5 Å². The van der Waals surface area contributed by atoms with Crippen LogP contribution in [0.5, 0.6) is 17.2 Å². The van der Waals surface area contributed by atoms with Crippen LogP contribution in [0, 0.1) is 12.8 Å². The number of carbonyl (C=O) groups excluding carboxylic acids is 3. The average Bonchev–Trinajstić information content (AvgIpc) is 3.63. The number of benzene rings is 1. The zero-order valence-electron chi connectivity index (χ0n) is 20.0. The molecule has 1 aromatic carbocycles. The normalized spacial score (nSPS) is 15.4. The number of pyridine rings is 1. The number of amides is 1. The van der Waals surface area contributed by atoms with Crippen molar-refractivity contribution in [1.82, 2.24) is 10.3 Å². The van der Waals surface area contributed by atoms with E-state index in [-0.39, 0.29) is 23.3 Å². The van der Waals surface area contributed by atoms with Crippen LogP contribution in [0.3, 0.4) is 0 Å². The predicted molar refractivity (Wildman–Crippen MR) is 123 cm³/mol.